The molecule has 0 spiro atoms. The molecule has 1 heterocycles. The highest BCUT2D eigenvalue weighted by Gasteiger charge is 2.16. The summed E-state index contributed by atoms with van der Waals surface area (Å²) in [7, 11) is 1.35. The highest BCUT2D eigenvalue weighted by atomic mass is 16.5. The summed E-state index contributed by atoms with van der Waals surface area (Å²) in [6.45, 7) is 4.07. The van der Waals surface area contributed by atoms with E-state index >= 15 is 0 Å². The second kappa shape index (κ2) is 5.85. The minimum Gasteiger partial charge on any atom is -0.468 e. The Bertz CT molecular complexity index is 420. The lowest BCUT2D eigenvalue weighted by atomic mass is 10.2. The molecule has 0 aliphatic heterocycles. The van der Waals surface area contributed by atoms with Gasteiger partial charge >= 0.3 is 5.97 Å². The van der Waals surface area contributed by atoms with Gasteiger partial charge in [-0.2, -0.15) is 5.26 Å². The molecule has 5 heteroatoms. The molecule has 0 unspecified atom stereocenters. The number of anilines is 1. The Morgan fingerprint density at radius 3 is 2.71 bits per heavy atom. The van der Waals surface area contributed by atoms with Gasteiger partial charge < -0.3 is 9.64 Å². The van der Waals surface area contributed by atoms with E-state index < -0.39 is 0 Å². The van der Waals surface area contributed by atoms with Gasteiger partial charge in [0.1, 0.15) is 18.4 Å². The third-order valence-corrected chi connectivity index (χ3v) is 2.32. The number of hydrogen-bond acceptors (Lipinski definition) is 5. The van der Waals surface area contributed by atoms with Crippen molar-refractivity contribution in [2.45, 2.75) is 19.9 Å². The molecule has 0 bridgehead atoms. The first-order chi connectivity index (χ1) is 8.08. The molecule has 0 aliphatic rings. The minimum atomic E-state index is -0.315. The highest BCUT2D eigenvalue weighted by molar-refractivity contribution is 5.75. The Morgan fingerprint density at radius 1 is 1.59 bits per heavy atom. The average Bonchev–Trinajstić information content (AvgIpc) is 2.35. The molecule has 1 aromatic rings. The maximum atomic E-state index is 11.3. The predicted octanol–water partition coefficient (Wildman–Crippen LogP) is 1.34. The monoisotopic (exact) mass is 233 g/mol. The molecule has 0 fully saturated rings. The Morgan fingerprint density at radius 2 is 2.29 bits per heavy atom. The fraction of sp³-hybridized carbons (Fsp3) is 0.417. The fourth-order valence-corrected chi connectivity index (χ4v) is 1.35. The van der Waals surface area contributed by atoms with Gasteiger partial charge in [-0.15, -0.1) is 0 Å². The van der Waals surface area contributed by atoms with Crippen LogP contribution >= 0.6 is 0 Å². The number of nitrogens with zero attached hydrogens (tertiary/aromatic N) is 3. The molecule has 0 atom stereocenters. The van der Waals surface area contributed by atoms with E-state index in [0.29, 0.717) is 11.4 Å². The van der Waals surface area contributed by atoms with E-state index in [4.69, 9.17) is 5.26 Å². The number of esters is 1. The second-order valence-electron chi connectivity index (χ2n) is 3.81. The summed E-state index contributed by atoms with van der Waals surface area (Å²) in [4.78, 5) is 17.2. The normalized spacial score (nSPS) is 9.82. The Labute approximate surface area is 101 Å². The summed E-state index contributed by atoms with van der Waals surface area (Å²) in [6.07, 6.45) is 1.49. The lowest BCUT2D eigenvalue weighted by Crippen LogP contribution is -2.36. The highest BCUT2D eigenvalue weighted by Crippen LogP contribution is 2.14. The molecule has 0 amide bonds. The van der Waals surface area contributed by atoms with E-state index in [1.54, 1.807) is 12.1 Å². The molecule has 0 N–H and O–H groups in total. The first-order valence-electron chi connectivity index (χ1n) is 5.28. The zero-order valence-electron chi connectivity index (χ0n) is 10.2. The molecule has 5 nitrogen and oxygen atoms in total. The van der Waals surface area contributed by atoms with Gasteiger partial charge in [0.2, 0.25) is 0 Å². The van der Waals surface area contributed by atoms with Gasteiger partial charge in [0.25, 0.3) is 0 Å². The van der Waals surface area contributed by atoms with Crippen molar-refractivity contribution in [3.05, 3.63) is 23.9 Å². The van der Waals surface area contributed by atoms with Crippen molar-refractivity contribution < 1.29 is 9.53 Å². The third kappa shape index (κ3) is 3.45. The maximum Gasteiger partial charge on any atom is 0.325 e. The summed E-state index contributed by atoms with van der Waals surface area (Å²) >= 11 is 0. The number of pyridine rings is 1. The molecule has 0 aliphatic carbocycles. The smallest absolute Gasteiger partial charge is 0.325 e. The zero-order chi connectivity index (χ0) is 12.8. The van der Waals surface area contributed by atoms with Crippen LogP contribution in [0.5, 0.6) is 0 Å². The SMILES string of the molecule is COC(=O)CN(c1ccc(C#N)cn1)C(C)C. The van der Waals surface area contributed by atoms with Crippen molar-refractivity contribution in [2.24, 2.45) is 0 Å². The van der Waals surface area contributed by atoms with Gasteiger partial charge in [-0.05, 0) is 26.0 Å². The van der Waals surface area contributed by atoms with Crippen molar-refractivity contribution >= 4 is 11.8 Å². The van der Waals surface area contributed by atoms with E-state index in [9.17, 15) is 4.79 Å². The van der Waals surface area contributed by atoms with E-state index in [-0.39, 0.29) is 18.6 Å². The maximum absolute atomic E-state index is 11.3. The summed E-state index contributed by atoms with van der Waals surface area (Å²) in [6, 6.07) is 5.52. The Kier molecular flexibility index (Phi) is 4.46. The molecule has 17 heavy (non-hydrogen) atoms. The van der Waals surface area contributed by atoms with Crippen molar-refractivity contribution in [3.8, 4) is 6.07 Å². The summed E-state index contributed by atoms with van der Waals surface area (Å²) in [5.41, 5.74) is 0.496. The summed E-state index contributed by atoms with van der Waals surface area (Å²) < 4.78 is 4.64. The topological polar surface area (TPSA) is 66.2 Å². The van der Waals surface area contributed by atoms with Crippen LogP contribution in [-0.2, 0) is 9.53 Å². The van der Waals surface area contributed by atoms with Crippen LogP contribution in [0.15, 0.2) is 18.3 Å². The van der Waals surface area contributed by atoms with Crippen LogP contribution < -0.4 is 4.90 Å². The van der Waals surface area contributed by atoms with Gasteiger partial charge in [0.05, 0.1) is 12.7 Å². The standard InChI is InChI=1S/C12H15N3O2/c1-9(2)15(8-12(16)17-3)11-5-4-10(6-13)7-14-11/h4-5,7,9H,8H2,1-3H3. The predicted molar refractivity (Wildman–Crippen MR) is 63.5 cm³/mol. The van der Waals surface area contributed by atoms with Gasteiger partial charge in [-0.1, -0.05) is 0 Å². The van der Waals surface area contributed by atoms with Crippen molar-refractivity contribution in [3.63, 3.8) is 0 Å². The number of hydrogen-bond donors (Lipinski definition) is 0. The number of carbonyl (C=O) groups excluding carboxylic acids is 1. The molecule has 0 radical (unpaired) electrons. The summed E-state index contributed by atoms with van der Waals surface area (Å²) in [5, 5.41) is 8.68. The number of carbonyl (C=O) groups is 1. The van der Waals surface area contributed by atoms with Crippen LogP contribution in [0.1, 0.15) is 19.4 Å². The molecular formula is C12H15N3O2. The largest absolute Gasteiger partial charge is 0.468 e. The van der Waals surface area contributed by atoms with Crippen LogP contribution in [0.4, 0.5) is 5.82 Å². The molecule has 0 aromatic carbocycles. The first-order valence-corrected chi connectivity index (χ1v) is 5.28. The molecule has 90 valence electrons. The van der Waals surface area contributed by atoms with Crippen LogP contribution in [0.2, 0.25) is 0 Å². The number of aromatic nitrogens is 1. The van der Waals surface area contributed by atoms with Crippen LogP contribution in [0, 0.1) is 11.3 Å². The lowest BCUT2D eigenvalue weighted by Gasteiger charge is -2.26. The van der Waals surface area contributed by atoms with Crippen molar-refractivity contribution in [2.75, 3.05) is 18.6 Å². The molecule has 1 rings (SSSR count). The van der Waals surface area contributed by atoms with Crippen LogP contribution in [0.3, 0.4) is 0 Å². The Hall–Kier alpha value is -2.09. The Balaban J connectivity index is 2.90. The first kappa shape index (κ1) is 13.0. The number of rotatable bonds is 4. The second-order valence-corrected chi connectivity index (χ2v) is 3.81. The average molecular weight is 233 g/mol. The van der Waals surface area contributed by atoms with Crippen molar-refractivity contribution in [1.82, 2.24) is 4.98 Å². The van der Waals surface area contributed by atoms with E-state index in [0.717, 1.165) is 0 Å². The summed E-state index contributed by atoms with van der Waals surface area (Å²) in [5.74, 6) is 0.342. The number of methoxy groups -OCH3 is 1. The number of ether oxygens (including phenoxy) is 1. The minimum absolute atomic E-state index is 0.120. The van der Waals surface area contributed by atoms with Gasteiger partial charge in [0, 0.05) is 12.2 Å². The van der Waals surface area contributed by atoms with Gasteiger partial charge in [0.15, 0.2) is 0 Å². The van der Waals surface area contributed by atoms with E-state index in [1.165, 1.54) is 13.3 Å². The molecular weight excluding hydrogens is 218 g/mol. The molecule has 0 saturated heterocycles. The van der Waals surface area contributed by atoms with Crippen molar-refractivity contribution in [1.29, 1.82) is 5.26 Å². The van der Waals surface area contributed by atoms with E-state index in [1.807, 2.05) is 24.8 Å². The lowest BCUT2D eigenvalue weighted by molar-refractivity contribution is -0.139. The quantitative estimate of drug-likeness (QED) is 0.734. The third-order valence-electron chi connectivity index (χ3n) is 2.32. The van der Waals surface area contributed by atoms with Gasteiger partial charge in [-0.3, -0.25) is 4.79 Å². The van der Waals surface area contributed by atoms with Gasteiger partial charge in [-0.25, -0.2) is 4.98 Å². The zero-order valence-corrected chi connectivity index (χ0v) is 10.2. The molecule has 1 aromatic heterocycles. The van der Waals surface area contributed by atoms with Crippen LogP contribution in [-0.4, -0.2) is 30.6 Å². The number of nitriles is 1. The van der Waals surface area contributed by atoms with E-state index in [2.05, 4.69) is 9.72 Å². The molecule has 0 saturated carbocycles. The fourth-order valence-electron chi connectivity index (χ4n) is 1.35. The van der Waals surface area contributed by atoms with Crippen LogP contribution in [0.25, 0.3) is 0 Å².